The lowest BCUT2D eigenvalue weighted by Crippen LogP contribution is -2.61. The number of hydrogen-bond acceptors (Lipinski definition) is 2. The van der Waals surface area contributed by atoms with Crippen molar-refractivity contribution in [3.63, 3.8) is 0 Å². The fourth-order valence-electron chi connectivity index (χ4n) is 2.65. The molecule has 3 amide bonds. The van der Waals surface area contributed by atoms with E-state index in [1.54, 1.807) is 28.9 Å². The summed E-state index contributed by atoms with van der Waals surface area (Å²) in [5.41, 5.74) is 1.47. The quantitative estimate of drug-likeness (QED) is 0.855. The van der Waals surface area contributed by atoms with E-state index < -0.39 is 6.04 Å². The van der Waals surface area contributed by atoms with E-state index in [2.05, 4.69) is 5.32 Å². The summed E-state index contributed by atoms with van der Waals surface area (Å²) in [4.78, 5) is 28.4. The molecule has 5 nitrogen and oxygen atoms in total. The van der Waals surface area contributed by atoms with Crippen molar-refractivity contribution < 1.29 is 9.59 Å². The summed E-state index contributed by atoms with van der Waals surface area (Å²) in [7, 11) is 0. The number of amides is 3. The maximum absolute atomic E-state index is 12.7. The van der Waals surface area contributed by atoms with E-state index in [0.29, 0.717) is 18.1 Å². The zero-order chi connectivity index (χ0) is 17.4. The van der Waals surface area contributed by atoms with Gasteiger partial charge in [0.05, 0.1) is 0 Å². The van der Waals surface area contributed by atoms with Gasteiger partial charge in [-0.25, -0.2) is 4.79 Å². The summed E-state index contributed by atoms with van der Waals surface area (Å²) >= 11 is 6.06. The summed E-state index contributed by atoms with van der Waals surface area (Å²) in [6.45, 7) is 10.4. The first kappa shape index (κ1) is 17.6. The number of benzene rings is 1. The lowest BCUT2D eigenvalue weighted by molar-refractivity contribution is -0.124. The first-order chi connectivity index (χ1) is 10.6. The number of anilines is 1. The van der Waals surface area contributed by atoms with Crippen LogP contribution < -0.4 is 10.2 Å². The Morgan fingerprint density at radius 3 is 2.57 bits per heavy atom. The molecule has 1 aliphatic heterocycles. The number of carbonyl (C=O) groups excluding carboxylic acids is 2. The predicted octanol–water partition coefficient (Wildman–Crippen LogP) is 3.19. The Morgan fingerprint density at radius 1 is 1.30 bits per heavy atom. The molecule has 0 aromatic heterocycles. The van der Waals surface area contributed by atoms with Crippen molar-refractivity contribution in [3.05, 3.63) is 28.8 Å². The maximum Gasteiger partial charge on any atom is 0.318 e. The number of nitrogens with one attached hydrogen (secondary N) is 1. The number of nitrogens with zero attached hydrogens (tertiary/aromatic N) is 2. The Kier molecular flexibility index (Phi) is 4.90. The van der Waals surface area contributed by atoms with Crippen LogP contribution in [0.3, 0.4) is 0 Å². The lowest BCUT2D eigenvalue weighted by atomic mass is 10.1. The molecule has 1 aromatic carbocycles. The molecule has 1 aliphatic rings. The van der Waals surface area contributed by atoms with E-state index in [1.165, 1.54) is 0 Å². The third-order valence-electron chi connectivity index (χ3n) is 3.86. The average Bonchev–Trinajstić information content (AvgIpc) is 2.42. The van der Waals surface area contributed by atoms with E-state index in [1.807, 2.05) is 33.8 Å². The van der Waals surface area contributed by atoms with Crippen molar-refractivity contribution in [3.8, 4) is 0 Å². The largest absolute Gasteiger partial charge is 0.333 e. The molecule has 1 atom stereocenters. The van der Waals surface area contributed by atoms with Crippen LogP contribution in [-0.2, 0) is 4.79 Å². The summed E-state index contributed by atoms with van der Waals surface area (Å²) in [6, 6.07) is 4.78. The minimum absolute atomic E-state index is 0.0920. The van der Waals surface area contributed by atoms with Crippen LogP contribution in [0, 0.1) is 6.92 Å². The van der Waals surface area contributed by atoms with Gasteiger partial charge in [-0.05, 0) is 52.3 Å². The molecule has 0 radical (unpaired) electrons. The zero-order valence-corrected chi connectivity index (χ0v) is 15.1. The van der Waals surface area contributed by atoms with Gasteiger partial charge in [0.25, 0.3) is 0 Å². The van der Waals surface area contributed by atoms with Crippen LogP contribution in [0.5, 0.6) is 0 Å². The van der Waals surface area contributed by atoms with Crippen LogP contribution in [0.4, 0.5) is 10.5 Å². The van der Waals surface area contributed by atoms with Crippen molar-refractivity contribution in [2.45, 2.75) is 46.2 Å². The second-order valence-electron chi connectivity index (χ2n) is 6.97. The molecule has 0 bridgehead atoms. The van der Waals surface area contributed by atoms with Crippen molar-refractivity contribution in [2.24, 2.45) is 0 Å². The maximum atomic E-state index is 12.7. The van der Waals surface area contributed by atoms with E-state index >= 15 is 0 Å². The topological polar surface area (TPSA) is 52.6 Å². The van der Waals surface area contributed by atoms with E-state index in [4.69, 9.17) is 11.6 Å². The molecule has 1 aromatic rings. The summed E-state index contributed by atoms with van der Waals surface area (Å²) in [6.07, 6.45) is 0. The lowest BCUT2D eigenvalue weighted by Gasteiger charge is -2.40. The monoisotopic (exact) mass is 337 g/mol. The molecule has 0 saturated carbocycles. The number of rotatable bonds is 1. The molecular formula is C17H24ClN3O2. The Bertz CT molecular complexity index is 625. The standard InChI is InChI=1S/C17H24ClN3O2/c1-11-6-7-13(18)10-14(11)21-9-8-20(12(2)15(21)22)16(23)19-17(3,4)5/h6-7,10,12H,8-9H2,1-5H3,(H,19,23)/t12-/m0/s1. The molecule has 23 heavy (non-hydrogen) atoms. The molecule has 0 unspecified atom stereocenters. The molecule has 1 N–H and O–H groups in total. The summed E-state index contributed by atoms with van der Waals surface area (Å²) in [5.74, 6) is -0.0920. The molecule has 6 heteroatoms. The molecule has 1 heterocycles. The van der Waals surface area contributed by atoms with Gasteiger partial charge in [0.2, 0.25) is 5.91 Å². The smallest absolute Gasteiger partial charge is 0.318 e. The van der Waals surface area contributed by atoms with Gasteiger partial charge in [0, 0.05) is 29.3 Å². The zero-order valence-electron chi connectivity index (χ0n) is 14.3. The van der Waals surface area contributed by atoms with E-state index in [0.717, 1.165) is 11.3 Å². The van der Waals surface area contributed by atoms with Gasteiger partial charge in [-0.3, -0.25) is 4.79 Å². The van der Waals surface area contributed by atoms with Gasteiger partial charge in [-0.1, -0.05) is 17.7 Å². The first-order valence-electron chi connectivity index (χ1n) is 7.76. The van der Waals surface area contributed by atoms with Gasteiger partial charge < -0.3 is 15.1 Å². The second-order valence-corrected chi connectivity index (χ2v) is 7.41. The normalized spacial score (nSPS) is 19.0. The highest BCUT2D eigenvalue weighted by Gasteiger charge is 2.36. The van der Waals surface area contributed by atoms with Crippen molar-refractivity contribution in [2.75, 3.05) is 18.0 Å². The summed E-state index contributed by atoms with van der Waals surface area (Å²) < 4.78 is 0. The predicted molar refractivity (Wildman–Crippen MR) is 93.0 cm³/mol. The van der Waals surface area contributed by atoms with Crippen LogP contribution >= 0.6 is 11.6 Å². The molecule has 126 valence electrons. The third kappa shape index (κ3) is 3.96. The minimum atomic E-state index is -0.510. The van der Waals surface area contributed by atoms with E-state index in [-0.39, 0.29) is 17.5 Å². The highest BCUT2D eigenvalue weighted by Crippen LogP contribution is 2.27. The fraction of sp³-hybridized carbons (Fsp3) is 0.529. The summed E-state index contributed by atoms with van der Waals surface area (Å²) in [5, 5.41) is 3.51. The average molecular weight is 338 g/mol. The van der Waals surface area contributed by atoms with Gasteiger partial charge in [0.1, 0.15) is 6.04 Å². The van der Waals surface area contributed by atoms with Gasteiger partial charge in [-0.15, -0.1) is 0 Å². The van der Waals surface area contributed by atoms with Gasteiger partial charge in [-0.2, -0.15) is 0 Å². The van der Waals surface area contributed by atoms with Gasteiger partial charge in [0.15, 0.2) is 0 Å². The number of urea groups is 1. The second kappa shape index (κ2) is 6.40. The molecular weight excluding hydrogens is 314 g/mol. The van der Waals surface area contributed by atoms with Crippen LogP contribution in [0.15, 0.2) is 18.2 Å². The van der Waals surface area contributed by atoms with Crippen molar-refractivity contribution in [1.29, 1.82) is 0 Å². The molecule has 0 spiro atoms. The molecule has 0 aliphatic carbocycles. The third-order valence-corrected chi connectivity index (χ3v) is 4.10. The van der Waals surface area contributed by atoms with Crippen LogP contribution in [0.1, 0.15) is 33.3 Å². The Labute approximate surface area is 142 Å². The Morgan fingerprint density at radius 2 is 1.96 bits per heavy atom. The Hall–Kier alpha value is -1.75. The number of piperazine rings is 1. The molecule has 1 saturated heterocycles. The molecule has 2 rings (SSSR count). The van der Waals surface area contributed by atoms with Gasteiger partial charge >= 0.3 is 6.03 Å². The van der Waals surface area contributed by atoms with Crippen LogP contribution in [0.25, 0.3) is 0 Å². The van der Waals surface area contributed by atoms with Crippen molar-refractivity contribution in [1.82, 2.24) is 10.2 Å². The SMILES string of the molecule is Cc1ccc(Cl)cc1N1CCN(C(=O)NC(C)(C)C)[C@@H](C)C1=O. The van der Waals surface area contributed by atoms with Crippen LogP contribution in [0.2, 0.25) is 5.02 Å². The van der Waals surface area contributed by atoms with E-state index in [9.17, 15) is 9.59 Å². The first-order valence-corrected chi connectivity index (χ1v) is 8.14. The fourth-order valence-corrected chi connectivity index (χ4v) is 2.82. The number of carbonyl (C=O) groups is 2. The highest BCUT2D eigenvalue weighted by atomic mass is 35.5. The molecule has 1 fully saturated rings. The number of halogens is 1. The Balaban J connectivity index is 2.18. The number of aryl methyl sites for hydroxylation is 1. The number of hydrogen-bond donors (Lipinski definition) is 1. The van der Waals surface area contributed by atoms with Crippen molar-refractivity contribution >= 4 is 29.2 Å². The minimum Gasteiger partial charge on any atom is -0.333 e. The van der Waals surface area contributed by atoms with Crippen LogP contribution in [-0.4, -0.2) is 41.5 Å². The highest BCUT2D eigenvalue weighted by molar-refractivity contribution is 6.31.